The maximum atomic E-state index is 10.6. The first-order valence-electron chi connectivity index (χ1n) is 2.78. The van der Waals surface area contributed by atoms with Crippen LogP contribution >= 0.6 is 0 Å². The molecule has 0 bridgehead atoms. The van der Waals surface area contributed by atoms with E-state index in [-0.39, 0.29) is 29.8 Å². The third-order valence-electron chi connectivity index (χ3n) is 1.12. The second-order valence-corrected chi connectivity index (χ2v) is 1.84. The summed E-state index contributed by atoms with van der Waals surface area (Å²) in [5.41, 5.74) is 0.744. The molecule has 1 N–H and O–H groups in total. The number of aromatic amines is 1. The van der Waals surface area contributed by atoms with E-state index in [9.17, 15) is 4.79 Å². The van der Waals surface area contributed by atoms with Gasteiger partial charge in [-0.3, -0.25) is 4.79 Å². The van der Waals surface area contributed by atoms with Crippen LogP contribution in [0, 0.1) is 0 Å². The van der Waals surface area contributed by atoms with Crippen LogP contribution in [-0.4, -0.2) is 5.78 Å². The Hall–Kier alpha value is -0.450. The first-order valence-corrected chi connectivity index (χ1v) is 2.78. The number of carbonyl (C=O) groups is 1. The summed E-state index contributed by atoms with van der Waals surface area (Å²) in [6.07, 6.45) is 3.47. The molecular formula is C7H8INO. The third kappa shape index (κ3) is 2.43. The van der Waals surface area contributed by atoms with Crippen LogP contribution < -0.4 is 29.0 Å². The van der Waals surface area contributed by atoms with Gasteiger partial charge in [0.25, 0.3) is 0 Å². The van der Waals surface area contributed by atoms with Crippen molar-refractivity contribution in [2.75, 3.05) is 0 Å². The molecule has 0 fully saturated rings. The molecule has 2 nitrogen and oxygen atoms in total. The molecule has 0 radical (unpaired) electrons. The summed E-state index contributed by atoms with van der Waals surface area (Å²) >= 11 is 0. The second kappa shape index (κ2) is 4.38. The van der Waals surface area contributed by atoms with Gasteiger partial charge in [0, 0.05) is 17.7 Å². The van der Waals surface area contributed by atoms with Crippen LogP contribution in [0.2, 0.25) is 0 Å². The van der Waals surface area contributed by atoms with Crippen molar-refractivity contribution in [1.82, 2.24) is 0 Å². The lowest BCUT2D eigenvalue weighted by molar-refractivity contribution is -0.378. The smallest absolute Gasteiger partial charge is 0.167 e. The van der Waals surface area contributed by atoms with Gasteiger partial charge in [-0.1, -0.05) is 0 Å². The van der Waals surface area contributed by atoms with E-state index in [0.29, 0.717) is 0 Å². The number of pyridine rings is 1. The number of Topliss-reactive ketones (excluding diaryl/α,β-unsaturated/α-hetero) is 1. The van der Waals surface area contributed by atoms with Crippen molar-refractivity contribution in [1.29, 1.82) is 0 Å². The molecule has 54 valence electrons. The van der Waals surface area contributed by atoms with Gasteiger partial charge in [-0.2, -0.15) is 0 Å². The van der Waals surface area contributed by atoms with E-state index in [1.807, 2.05) is 0 Å². The highest BCUT2D eigenvalue weighted by Crippen LogP contribution is 1.93. The molecule has 10 heavy (non-hydrogen) atoms. The topological polar surface area (TPSA) is 31.2 Å². The predicted molar refractivity (Wildman–Crippen MR) is 33.0 cm³/mol. The highest BCUT2D eigenvalue weighted by Gasteiger charge is 1.96. The molecule has 1 aromatic rings. The first-order chi connectivity index (χ1) is 4.30. The Morgan fingerprint density at radius 3 is 2.20 bits per heavy atom. The Kier molecular flexibility index (Phi) is 4.18. The fourth-order valence-electron chi connectivity index (χ4n) is 0.622. The average Bonchev–Trinajstić information content (AvgIpc) is 1.90. The Morgan fingerprint density at radius 2 is 1.90 bits per heavy atom. The van der Waals surface area contributed by atoms with E-state index in [4.69, 9.17) is 0 Å². The lowest BCUT2D eigenvalue weighted by atomic mass is 10.2. The zero-order chi connectivity index (χ0) is 6.69. The van der Waals surface area contributed by atoms with Crippen molar-refractivity contribution >= 4 is 5.78 Å². The monoisotopic (exact) mass is 249 g/mol. The van der Waals surface area contributed by atoms with Gasteiger partial charge < -0.3 is 24.0 Å². The van der Waals surface area contributed by atoms with Crippen molar-refractivity contribution < 1.29 is 33.8 Å². The Labute approximate surface area is 76.7 Å². The van der Waals surface area contributed by atoms with E-state index in [1.165, 1.54) is 0 Å². The molecule has 0 atom stereocenters. The molecule has 0 aromatic carbocycles. The predicted octanol–water partition coefficient (Wildman–Crippen LogP) is -2.29. The lowest BCUT2D eigenvalue weighted by Crippen LogP contribution is -3.00. The lowest BCUT2D eigenvalue weighted by Gasteiger charge is -1.85. The molecule has 0 amide bonds. The van der Waals surface area contributed by atoms with Gasteiger partial charge in [0.2, 0.25) is 0 Å². The summed E-state index contributed by atoms with van der Waals surface area (Å²) in [5.74, 6) is 0.101. The van der Waals surface area contributed by atoms with Crippen LogP contribution in [0.15, 0.2) is 24.5 Å². The van der Waals surface area contributed by atoms with E-state index >= 15 is 0 Å². The molecule has 0 spiro atoms. The molecule has 0 saturated carbocycles. The minimum atomic E-state index is 0. The normalized spacial score (nSPS) is 8.10. The van der Waals surface area contributed by atoms with Crippen LogP contribution in [-0.2, 0) is 0 Å². The van der Waals surface area contributed by atoms with E-state index in [0.717, 1.165) is 5.56 Å². The molecule has 1 heterocycles. The van der Waals surface area contributed by atoms with Crippen molar-refractivity contribution in [3.63, 3.8) is 0 Å². The molecule has 1 rings (SSSR count). The Morgan fingerprint density at radius 1 is 1.40 bits per heavy atom. The van der Waals surface area contributed by atoms with Crippen LogP contribution in [0.5, 0.6) is 0 Å². The molecule has 0 aliphatic rings. The van der Waals surface area contributed by atoms with Crippen LogP contribution in [0.1, 0.15) is 17.3 Å². The number of carbonyl (C=O) groups excluding carboxylic acids is 1. The summed E-state index contributed by atoms with van der Waals surface area (Å²) in [5, 5.41) is 0. The van der Waals surface area contributed by atoms with E-state index in [2.05, 4.69) is 4.98 Å². The maximum absolute atomic E-state index is 10.6. The SMILES string of the molecule is CC(=O)c1cc[nH+]cc1.[I-]. The number of H-pyrrole nitrogens is 1. The van der Waals surface area contributed by atoms with Crippen LogP contribution in [0.4, 0.5) is 0 Å². The number of hydrogen-bond acceptors (Lipinski definition) is 1. The summed E-state index contributed by atoms with van der Waals surface area (Å²) in [7, 11) is 0. The quantitative estimate of drug-likeness (QED) is 0.407. The number of nitrogens with one attached hydrogen (secondary N) is 1. The fourth-order valence-corrected chi connectivity index (χ4v) is 0.622. The summed E-state index contributed by atoms with van der Waals surface area (Å²) in [4.78, 5) is 13.5. The molecule has 0 saturated heterocycles. The van der Waals surface area contributed by atoms with Crippen LogP contribution in [0.3, 0.4) is 0 Å². The van der Waals surface area contributed by atoms with E-state index < -0.39 is 0 Å². The summed E-state index contributed by atoms with van der Waals surface area (Å²) in [6.45, 7) is 1.55. The van der Waals surface area contributed by atoms with Crippen molar-refractivity contribution in [2.45, 2.75) is 6.92 Å². The van der Waals surface area contributed by atoms with Gasteiger partial charge in [-0.05, 0) is 6.92 Å². The molecule has 0 aliphatic carbocycles. The molecule has 1 aromatic heterocycles. The fraction of sp³-hybridized carbons (Fsp3) is 0.143. The zero-order valence-electron chi connectivity index (χ0n) is 5.60. The second-order valence-electron chi connectivity index (χ2n) is 1.84. The van der Waals surface area contributed by atoms with Crippen LogP contribution in [0.25, 0.3) is 0 Å². The number of ketones is 1. The maximum Gasteiger partial charge on any atom is 0.167 e. The molecular weight excluding hydrogens is 241 g/mol. The highest BCUT2D eigenvalue weighted by atomic mass is 127. The molecule has 0 aliphatic heterocycles. The van der Waals surface area contributed by atoms with Gasteiger partial charge in [-0.25, -0.2) is 4.98 Å². The number of halogens is 1. The number of hydrogen-bond donors (Lipinski definition) is 0. The number of aromatic nitrogens is 1. The largest absolute Gasteiger partial charge is 1.00 e. The minimum Gasteiger partial charge on any atom is -1.00 e. The van der Waals surface area contributed by atoms with E-state index in [1.54, 1.807) is 31.5 Å². The van der Waals surface area contributed by atoms with Gasteiger partial charge in [0.05, 0.1) is 0 Å². The Balaban J connectivity index is 0.000000810. The number of rotatable bonds is 1. The standard InChI is InChI=1S/C7H7NO.HI/c1-6(9)7-2-4-8-5-3-7;/h2-5H,1H3;1H. The van der Waals surface area contributed by atoms with Gasteiger partial charge in [0.1, 0.15) is 0 Å². The van der Waals surface area contributed by atoms with Gasteiger partial charge in [0.15, 0.2) is 18.2 Å². The molecule has 3 heteroatoms. The highest BCUT2D eigenvalue weighted by molar-refractivity contribution is 5.93. The zero-order valence-corrected chi connectivity index (χ0v) is 7.75. The van der Waals surface area contributed by atoms with Gasteiger partial charge in [-0.15, -0.1) is 0 Å². The first kappa shape index (κ1) is 9.55. The Bertz CT molecular complexity index is 210. The van der Waals surface area contributed by atoms with Crippen molar-refractivity contribution in [3.8, 4) is 0 Å². The average molecular weight is 249 g/mol. The summed E-state index contributed by atoms with van der Waals surface area (Å²) in [6, 6.07) is 3.50. The molecule has 0 unspecified atom stereocenters. The summed E-state index contributed by atoms with van der Waals surface area (Å²) < 4.78 is 0. The van der Waals surface area contributed by atoms with Crippen molar-refractivity contribution in [3.05, 3.63) is 30.1 Å². The van der Waals surface area contributed by atoms with Crippen molar-refractivity contribution in [2.24, 2.45) is 0 Å². The van der Waals surface area contributed by atoms with Gasteiger partial charge >= 0.3 is 0 Å². The third-order valence-corrected chi connectivity index (χ3v) is 1.12. The minimum absolute atomic E-state index is 0.